The maximum atomic E-state index is 12.0. The van der Waals surface area contributed by atoms with E-state index < -0.39 is 0 Å². The Labute approximate surface area is 126 Å². The smallest absolute Gasteiger partial charge is 0.258 e. The Morgan fingerprint density at radius 1 is 1.28 bits per heavy atom. The molecule has 0 saturated heterocycles. The summed E-state index contributed by atoms with van der Waals surface area (Å²) < 4.78 is 0.927. The van der Waals surface area contributed by atoms with E-state index in [4.69, 9.17) is 12.2 Å². The zero-order chi connectivity index (χ0) is 13.0. The Hall–Kier alpha value is -0.690. The van der Waals surface area contributed by atoms with Gasteiger partial charge in [-0.3, -0.25) is 10.1 Å². The van der Waals surface area contributed by atoms with Gasteiger partial charge in [0.2, 0.25) is 0 Å². The molecule has 18 heavy (non-hydrogen) atoms. The molecule has 1 amide bonds. The number of thiocarbonyl (C=S) groups is 1. The van der Waals surface area contributed by atoms with Crippen LogP contribution < -0.4 is 10.6 Å². The molecule has 3 nitrogen and oxygen atoms in total. The number of nitrogens with one attached hydrogen (secondary N) is 2. The van der Waals surface area contributed by atoms with Crippen molar-refractivity contribution in [3.63, 3.8) is 0 Å². The summed E-state index contributed by atoms with van der Waals surface area (Å²) in [7, 11) is 0. The van der Waals surface area contributed by atoms with Gasteiger partial charge in [-0.1, -0.05) is 25.0 Å². The van der Waals surface area contributed by atoms with Crippen molar-refractivity contribution >= 4 is 45.8 Å². The normalized spacial score (nSPS) is 15.4. The van der Waals surface area contributed by atoms with Crippen LogP contribution in [0.25, 0.3) is 0 Å². The van der Waals surface area contributed by atoms with Gasteiger partial charge < -0.3 is 5.32 Å². The molecule has 1 aromatic rings. The first-order valence-electron chi connectivity index (χ1n) is 6.03. The lowest BCUT2D eigenvalue weighted by molar-refractivity contribution is 0.0975. The number of benzene rings is 1. The van der Waals surface area contributed by atoms with Gasteiger partial charge in [0.25, 0.3) is 5.91 Å². The lowest BCUT2D eigenvalue weighted by atomic mass is 10.2. The zero-order valence-corrected chi connectivity index (χ0v) is 12.9. The standard InChI is InChI=1S/C13H15IN2OS/c14-11-8-4-3-7-10(11)12(17)16-13(18)15-9-5-1-2-6-9/h3-4,7-9H,1-2,5-6H2,(H2,15,16,17,18). The van der Waals surface area contributed by atoms with Gasteiger partial charge in [0.15, 0.2) is 5.11 Å². The Morgan fingerprint density at radius 2 is 1.94 bits per heavy atom. The molecular formula is C13H15IN2OS. The third-order valence-corrected chi connectivity index (χ3v) is 4.20. The predicted octanol–water partition coefficient (Wildman–Crippen LogP) is 2.84. The molecule has 2 N–H and O–H groups in total. The molecule has 5 heteroatoms. The molecule has 0 unspecified atom stereocenters. The van der Waals surface area contributed by atoms with E-state index in [1.54, 1.807) is 6.07 Å². The molecule has 96 valence electrons. The van der Waals surface area contributed by atoms with Gasteiger partial charge >= 0.3 is 0 Å². The Kier molecular flexibility index (Phi) is 4.94. The third kappa shape index (κ3) is 3.65. The maximum Gasteiger partial charge on any atom is 0.258 e. The van der Waals surface area contributed by atoms with Gasteiger partial charge in [0, 0.05) is 9.61 Å². The average Bonchev–Trinajstić information content (AvgIpc) is 2.82. The van der Waals surface area contributed by atoms with E-state index in [-0.39, 0.29) is 5.91 Å². The summed E-state index contributed by atoms with van der Waals surface area (Å²) in [4.78, 5) is 12.0. The maximum absolute atomic E-state index is 12.0. The van der Waals surface area contributed by atoms with Gasteiger partial charge in [0.1, 0.15) is 0 Å². The van der Waals surface area contributed by atoms with Crippen LogP contribution in [-0.2, 0) is 0 Å². The fraction of sp³-hybridized carbons (Fsp3) is 0.385. The van der Waals surface area contributed by atoms with Gasteiger partial charge in [-0.25, -0.2) is 0 Å². The number of rotatable bonds is 2. The van der Waals surface area contributed by atoms with Crippen molar-refractivity contribution in [1.82, 2.24) is 10.6 Å². The second-order valence-corrected chi connectivity index (χ2v) is 5.96. The van der Waals surface area contributed by atoms with Crippen LogP contribution in [0.1, 0.15) is 36.0 Å². The van der Waals surface area contributed by atoms with E-state index >= 15 is 0 Å². The van der Waals surface area contributed by atoms with Crippen LogP contribution >= 0.6 is 34.8 Å². The van der Waals surface area contributed by atoms with E-state index in [1.165, 1.54) is 12.8 Å². The van der Waals surface area contributed by atoms with Crippen LogP contribution in [0.2, 0.25) is 0 Å². The first-order chi connectivity index (χ1) is 8.66. The molecule has 0 heterocycles. The van der Waals surface area contributed by atoms with Crippen LogP contribution in [0.3, 0.4) is 0 Å². The molecule has 0 radical (unpaired) electrons. The minimum Gasteiger partial charge on any atom is -0.360 e. The highest BCUT2D eigenvalue weighted by molar-refractivity contribution is 14.1. The first kappa shape index (κ1) is 13.7. The molecule has 0 atom stereocenters. The Morgan fingerprint density at radius 3 is 2.61 bits per heavy atom. The predicted molar refractivity (Wildman–Crippen MR) is 84.6 cm³/mol. The van der Waals surface area contributed by atoms with Crippen LogP contribution in [0.15, 0.2) is 24.3 Å². The number of hydrogen-bond acceptors (Lipinski definition) is 2. The number of halogens is 1. The van der Waals surface area contributed by atoms with Crippen molar-refractivity contribution in [3.8, 4) is 0 Å². The van der Waals surface area contributed by atoms with E-state index in [0.717, 1.165) is 16.4 Å². The van der Waals surface area contributed by atoms with E-state index in [0.29, 0.717) is 16.7 Å². The number of amides is 1. The number of carbonyl (C=O) groups excluding carboxylic acids is 1. The largest absolute Gasteiger partial charge is 0.360 e. The summed E-state index contributed by atoms with van der Waals surface area (Å²) in [5, 5.41) is 6.37. The Bertz CT molecular complexity index is 458. The van der Waals surface area contributed by atoms with Crippen LogP contribution in [-0.4, -0.2) is 17.1 Å². The summed E-state index contributed by atoms with van der Waals surface area (Å²) in [6, 6.07) is 7.89. The molecule has 0 spiro atoms. The summed E-state index contributed by atoms with van der Waals surface area (Å²) in [5.74, 6) is -0.143. The molecule has 1 aliphatic carbocycles. The van der Waals surface area contributed by atoms with E-state index in [9.17, 15) is 4.79 Å². The van der Waals surface area contributed by atoms with Crippen molar-refractivity contribution in [2.75, 3.05) is 0 Å². The van der Waals surface area contributed by atoms with Gasteiger partial charge in [-0.05, 0) is 59.8 Å². The quantitative estimate of drug-likeness (QED) is 0.618. The second kappa shape index (κ2) is 6.47. The lowest BCUT2D eigenvalue weighted by Gasteiger charge is -2.15. The van der Waals surface area contributed by atoms with E-state index in [1.807, 2.05) is 18.2 Å². The molecular weight excluding hydrogens is 359 g/mol. The molecule has 0 aliphatic heterocycles. The van der Waals surface area contributed by atoms with Crippen molar-refractivity contribution in [3.05, 3.63) is 33.4 Å². The fourth-order valence-electron chi connectivity index (χ4n) is 2.11. The highest BCUT2D eigenvalue weighted by atomic mass is 127. The average molecular weight is 374 g/mol. The summed E-state index contributed by atoms with van der Waals surface area (Å²) in [6.07, 6.45) is 4.76. The second-order valence-electron chi connectivity index (χ2n) is 4.39. The summed E-state index contributed by atoms with van der Waals surface area (Å²) in [6.45, 7) is 0. The molecule has 1 aliphatic rings. The van der Waals surface area contributed by atoms with Gasteiger partial charge in [0.05, 0.1) is 5.56 Å². The molecule has 1 aromatic carbocycles. The third-order valence-electron chi connectivity index (χ3n) is 3.04. The number of carbonyl (C=O) groups is 1. The topological polar surface area (TPSA) is 41.1 Å². The lowest BCUT2D eigenvalue weighted by Crippen LogP contribution is -2.43. The number of hydrogen-bond donors (Lipinski definition) is 2. The molecule has 1 fully saturated rings. The van der Waals surface area contributed by atoms with E-state index in [2.05, 4.69) is 33.2 Å². The van der Waals surface area contributed by atoms with Crippen LogP contribution in [0.4, 0.5) is 0 Å². The minimum atomic E-state index is -0.143. The fourth-order valence-corrected chi connectivity index (χ4v) is 3.00. The van der Waals surface area contributed by atoms with Crippen molar-refractivity contribution in [2.45, 2.75) is 31.7 Å². The van der Waals surface area contributed by atoms with Crippen LogP contribution in [0, 0.1) is 3.57 Å². The molecule has 0 aromatic heterocycles. The van der Waals surface area contributed by atoms with Crippen molar-refractivity contribution in [1.29, 1.82) is 0 Å². The summed E-state index contributed by atoms with van der Waals surface area (Å²) >= 11 is 7.31. The summed E-state index contributed by atoms with van der Waals surface area (Å²) in [5.41, 5.74) is 0.661. The van der Waals surface area contributed by atoms with Crippen LogP contribution in [0.5, 0.6) is 0 Å². The molecule has 2 rings (SSSR count). The van der Waals surface area contributed by atoms with Crippen molar-refractivity contribution in [2.24, 2.45) is 0 Å². The molecule has 0 bridgehead atoms. The zero-order valence-electron chi connectivity index (χ0n) is 9.91. The van der Waals surface area contributed by atoms with Gasteiger partial charge in [-0.15, -0.1) is 0 Å². The molecule has 1 saturated carbocycles. The van der Waals surface area contributed by atoms with Crippen molar-refractivity contribution < 1.29 is 4.79 Å². The van der Waals surface area contributed by atoms with Gasteiger partial charge in [-0.2, -0.15) is 0 Å². The first-order valence-corrected chi connectivity index (χ1v) is 7.52. The highest BCUT2D eigenvalue weighted by Gasteiger charge is 2.17. The highest BCUT2D eigenvalue weighted by Crippen LogP contribution is 2.17. The monoisotopic (exact) mass is 374 g/mol. The Balaban J connectivity index is 1.91. The SMILES string of the molecule is O=C(NC(=S)NC1CCCC1)c1ccccc1I. The minimum absolute atomic E-state index is 0.143.